The van der Waals surface area contributed by atoms with Gasteiger partial charge in [-0.2, -0.15) is 4.31 Å². The van der Waals surface area contributed by atoms with Crippen LogP contribution in [0.1, 0.15) is 12.0 Å². The lowest BCUT2D eigenvalue weighted by atomic mass is 10.1. The normalized spacial score (nSPS) is 18.7. The highest BCUT2D eigenvalue weighted by Gasteiger charge is 2.39. The summed E-state index contributed by atoms with van der Waals surface area (Å²) in [6, 6.07) is 19.5. The molecule has 0 spiro atoms. The molecule has 2 heterocycles. The van der Waals surface area contributed by atoms with Crippen molar-refractivity contribution in [3.8, 4) is 5.75 Å². The van der Waals surface area contributed by atoms with Gasteiger partial charge >= 0.3 is 0 Å². The van der Waals surface area contributed by atoms with Crippen LogP contribution in [0.3, 0.4) is 0 Å². The largest absolute Gasteiger partial charge is 0.497 e. The third kappa shape index (κ3) is 7.42. The van der Waals surface area contributed by atoms with Crippen molar-refractivity contribution in [2.24, 2.45) is 4.99 Å². The Hall–Kier alpha value is -3.78. The molecule has 2 aliphatic heterocycles. The van der Waals surface area contributed by atoms with Gasteiger partial charge in [0.2, 0.25) is 21.8 Å². The summed E-state index contributed by atoms with van der Waals surface area (Å²) in [6.45, 7) is 1.59. The van der Waals surface area contributed by atoms with Gasteiger partial charge in [-0.15, -0.1) is 0 Å². The molecule has 2 fully saturated rings. The molecular formula is C30H31FN4O6S2. The van der Waals surface area contributed by atoms with Crippen LogP contribution in [0.4, 0.5) is 15.8 Å². The second kappa shape index (κ2) is 13.7. The zero-order valence-electron chi connectivity index (χ0n) is 23.4. The Morgan fingerprint density at radius 2 is 1.77 bits per heavy atom. The van der Waals surface area contributed by atoms with Gasteiger partial charge in [0.05, 0.1) is 36.6 Å². The Morgan fingerprint density at radius 1 is 1.07 bits per heavy atom. The average molecular weight is 627 g/mol. The monoisotopic (exact) mass is 626 g/mol. The van der Waals surface area contributed by atoms with E-state index >= 15 is 0 Å². The van der Waals surface area contributed by atoms with Crippen LogP contribution in [0.25, 0.3) is 0 Å². The minimum absolute atomic E-state index is 0.0420. The van der Waals surface area contributed by atoms with Gasteiger partial charge in [-0.3, -0.25) is 14.5 Å². The maximum atomic E-state index is 14.1. The van der Waals surface area contributed by atoms with E-state index in [1.54, 1.807) is 25.3 Å². The minimum atomic E-state index is -3.67. The van der Waals surface area contributed by atoms with Crippen LogP contribution in [0.15, 0.2) is 82.7 Å². The summed E-state index contributed by atoms with van der Waals surface area (Å²) >= 11 is 1.15. The predicted octanol–water partition coefficient (Wildman–Crippen LogP) is 4.06. The first-order valence-electron chi connectivity index (χ1n) is 13.7. The lowest BCUT2D eigenvalue weighted by molar-refractivity contribution is -0.128. The molecule has 3 aromatic carbocycles. The molecule has 2 amide bonds. The molecule has 2 saturated heterocycles. The Bertz CT molecular complexity index is 1590. The van der Waals surface area contributed by atoms with Crippen LogP contribution < -0.4 is 10.1 Å². The number of carbonyl (C=O) groups is 2. The summed E-state index contributed by atoms with van der Waals surface area (Å²) in [7, 11) is -2.08. The van der Waals surface area contributed by atoms with Gasteiger partial charge < -0.3 is 14.8 Å². The van der Waals surface area contributed by atoms with Gasteiger partial charge in [-0.1, -0.05) is 36.0 Å². The number of rotatable bonds is 10. The van der Waals surface area contributed by atoms with Crippen molar-refractivity contribution in [1.29, 1.82) is 0 Å². The van der Waals surface area contributed by atoms with Gasteiger partial charge in [0.1, 0.15) is 16.8 Å². The second-order valence-electron chi connectivity index (χ2n) is 9.83. The molecule has 2 aliphatic rings. The molecule has 10 nitrogen and oxygen atoms in total. The van der Waals surface area contributed by atoms with Crippen LogP contribution in [-0.4, -0.2) is 79.8 Å². The Kier molecular flexibility index (Phi) is 9.76. The maximum Gasteiger partial charge on any atom is 0.243 e. The quantitative estimate of drug-likeness (QED) is 0.361. The molecule has 1 atom stereocenters. The molecule has 0 radical (unpaired) electrons. The summed E-state index contributed by atoms with van der Waals surface area (Å²) in [5, 5.41) is 2.17. The van der Waals surface area contributed by atoms with Gasteiger partial charge in [-0.25, -0.2) is 17.8 Å². The number of carbonyl (C=O) groups excluding carboxylic acids is 2. The number of sulfonamides is 1. The van der Waals surface area contributed by atoms with Gasteiger partial charge in [0.15, 0.2) is 5.17 Å². The molecule has 3 aromatic rings. The van der Waals surface area contributed by atoms with E-state index in [4.69, 9.17) is 9.47 Å². The fourth-order valence-corrected chi connectivity index (χ4v) is 7.23. The van der Waals surface area contributed by atoms with Gasteiger partial charge in [-0.05, 0) is 60.5 Å². The van der Waals surface area contributed by atoms with Crippen molar-refractivity contribution < 1.29 is 31.9 Å². The van der Waals surface area contributed by atoms with Crippen molar-refractivity contribution >= 4 is 50.1 Å². The second-order valence-corrected chi connectivity index (χ2v) is 12.9. The van der Waals surface area contributed by atoms with Gasteiger partial charge in [0, 0.05) is 26.1 Å². The number of halogens is 1. The highest BCUT2D eigenvalue weighted by Crippen LogP contribution is 2.33. The lowest BCUT2D eigenvalue weighted by Gasteiger charge is -2.26. The van der Waals surface area contributed by atoms with Crippen molar-refractivity contribution in [3.63, 3.8) is 0 Å². The number of anilines is 1. The van der Waals surface area contributed by atoms with E-state index in [1.807, 2.05) is 24.3 Å². The topological polar surface area (TPSA) is 118 Å². The zero-order chi connectivity index (χ0) is 30.4. The van der Waals surface area contributed by atoms with E-state index in [2.05, 4.69) is 10.3 Å². The van der Waals surface area contributed by atoms with E-state index in [1.165, 1.54) is 39.5 Å². The summed E-state index contributed by atoms with van der Waals surface area (Å²) in [6.07, 6.45) is 0.354. The van der Waals surface area contributed by atoms with Crippen LogP contribution in [0.2, 0.25) is 0 Å². The first kappa shape index (κ1) is 30.7. The molecule has 1 N–H and O–H groups in total. The Balaban J connectivity index is 1.34. The number of hydrogen-bond donors (Lipinski definition) is 1. The van der Waals surface area contributed by atoms with Crippen LogP contribution in [0, 0.1) is 5.82 Å². The van der Waals surface area contributed by atoms with E-state index in [0.717, 1.165) is 23.1 Å². The number of ether oxygens (including phenoxy) is 2. The summed E-state index contributed by atoms with van der Waals surface area (Å²) < 4.78 is 51.9. The third-order valence-corrected chi connectivity index (χ3v) is 10.1. The number of benzene rings is 3. The van der Waals surface area contributed by atoms with E-state index in [0.29, 0.717) is 50.1 Å². The minimum Gasteiger partial charge on any atom is -0.497 e. The fraction of sp³-hybridized carbons (Fsp3) is 0.300. The molecule has 13 heteroatoms. The maximum absolute atomic E-state index is 14.1. The molecule has 0 aliphatic carbocycles. The van der Waals surface area contributed by atoms with Crippen molar-refractivity contribution in [1.82, 2.24) is 9.21 Å². The number of amidine groups is 1. The number of thioether (sulfide) groups is 1. The highest BCUT2D eigenvalue weighted by atomic mass is 32.2. The molecule has 0 saturated carbocycles. The Labute approximate surface area is 253 Å². The number of aliphatic imine (C=N–C) groups is 1. The lowest BCUT2D eigenvalue weighted by Crippen LogP contribution is -2.40. The molecule has 1 unspecified atom stereocenters. The Morgan fingerprint density at radius 3 is 2.44 bits per heavy atom. The first-order chi connectivity index (χ1) is 20.7. The third-order valence-electron chi connectivity index (χ3n) is 6.99. The summed E-state index contributed by atoms with van der Waals surface area (Å²) in [5.74, 6) is -0.625. The van der Waals surface area contributed by atoms with Gasteiger partial charge in [0.25, 0.3) is 0 Å². The zero-order valence-corrected chi connectivity index (χ0v) is 25.1. The summed E-state index contributed by atoms with van der Waals surface area (Å²) in [5.41, 5.74) is 1.49. The number of nitrogens with zero attached hydrogens (tertiary/aromatic N) is 3. The molecule has 0 aromatic heterocycles. The SMILES string of the molecule is COc1ccc(CCN2C(=O)C(CC(=O)Nc3ccccc3F)SC2=Nc2ccc(S(=O)(=O)N3CCOCC3)cc2)cc1. The average Bonchev–Trinajstić information content (AvgIpc) is 3.30. The van der Waals surface area contributed by atoms with Crippen molar-refractivity contribution in [2.75, 3.05) is 45.3 Å². The number of methoxy groups -OCH3 is 1. The molecule has 5 rings (SSSR count). The van der Waals surface area contributed by atoms with Crippen molar-refractivity contribution in [2.45, 2.75) is 23.0 Å². The fourth-order valence-electron chi connectivity index (χ4n) is 4.64. The summed E-state index contributed by atoms with van der Waals surface area (Å²) in [4.78, 5) is 32.6. The molecular weight excluding hydrogens is 595 g/mol. The van der Waals surface area contributed by atoms with Crippen LogP contribution in [-0.2, 0) is 30.8 Å². The molecule has 43 heavy (non-hydrogen) atoms. The number of hydrogen-bond acceptors (Lipinski definition) is 8. The number of morpholine rings is 1. The number of amides is 2. The number of para-hydroxylation sites is 1. The van der Waals surface area contributed by atoms with Crippen LogP contribution in [0.5, 0.6) is 5.75 Å². The molecule has 226 valence electrons. The van der Waals surface area contributed by atoms with Crippen molar-refractivity contribution in [3.05, 3.63) is 84.2 Å². The predicted molar refractivity (Wildman–Crippen MR) is 163 cm³/mol. The first-order valence-corrected chi connectivity index (χ1v) is 16.0. The smallest absolute Gasteiger partial charge is 0.243 e. The van der Waals surface area contributed by atoms with E-state index < -0.39 is 27.0 Å². The molecule has 0 bridgehead atoms. The highest BCUT2D eigenvalue weighted by molar-refractivity contribution is 8.15. The standard InChI is InChI=1S/C30H31FN4O6S2/c1-40-23-10-6-21(7-11-23)14-15-35-29(37)27(20-28(36)33-26-5-3-2-4-25(26)31)42-30(35)32-22-8-12-24(13-9-22)43(38,39)34-16-18-41-19-17-34/h2-13,27H,14-20H2,1H3,(H,33,36). The van der Waals surface area contributed by atoms with E-state index in [-0.39, 0.29) is 22.9 Å². The van der Waals surface area contributed by atoms with E-state index in [9.17, 15) is 22.4 Å². The van der Waals surface area contributed by atoms with Crippen LogP contribution >= 0.6 is 11.8 Å². The number of nitrogens with one attached hydrogen (secondary N) is 1.